The van der Waals surface area contributed by atoms with Crippen LogP contribution in [0.4, 0.5) is 0 Å². The maximum atomic E-state index is 5.68. The average Bonchev–Trinajstić information content (AvgIpc) is 3.85. The Hall–Kier alpha value is -5.98. The van der Waals surface area contributed by atoms with E-state index in [4.69, 9.17) is 19.4 Å². The summed E-state index contributed by atoms with van der Waals surface area (Å²) in [5.74, 6) is 1.99. The number of rotatable bonds is 4. The van der Waals surface area contributed by atoms with Gasteiger partial charge in [0, 0.05) is 42.3 Å². The molecule has 232 valence electrons. The molecule has 10 rings (SSSR count). The standard InChI is InChI=1S/C43H28N4OS/c1-43(2)34-23-27(19-20-29(34)30-21-22-35-37(36(30)43)44-24-48-35)28-15-9-16-31-32-17-10-18-33(39(32)49-38(28)31)42-46-40(25-11-5-3-6-12-25)45-41(47-42)26-13-7-4-8-14-26/h3-24H,1-2H3. The molecule has 0 saturated heterocycles. The summed E-state index contributed by atoms with van der Waals surface area (Å²) in [5, 5.41) is 2.43. The van der Waals surface area contributed by atoms with Crippen LogP contribution in [0.5, 0.6) is 0 Å². The third-order valence-corrected chi connectivity index (χ3v) is 11.2. The first kappa shape index (κ1) is 28.1. The zero-order chi connectivity index (χ0) is 32.7. The highest BCUT2D eigenvalue weighted by molar-refractivity contribution is 7.26. The fraction of sp³-hybridized carbons (Fsp3) is 0.0698. The molecule has 0 fully saturated rings. The van der Waals surface area contributed by atoms with E-state index in [1.54, 1.807) is 6.39 Å². The molecule has 0 radical (unpaired) electrons. The van der Waals surface area contributed by atoms with Crippen LogP contribution in [-0.2, 0) is 5.41 Å². The molecule has 0 bridgehead atoms. The van der Waals surface area contributed by atoms with Crippen molar-refractivity contribution in [2.75, 3.05) is 0 Å². The Morgan fingerprint density at radius 3 is 1.84 bits per heavy atom. The van der Waals surface area contributed by atoms with Gasteiger partial charge in [0.25, 0.3) is 0 Å². The van der Waals surface area contributed by atoms with Crippen LogP contribution < -0.4 is 0 Å². The highest BCUT2D eigenvalue weighted by atomic mass is 32.1. The molecule has 6 aromatic carbocycles. The van der Waals surface area contributed by atoms with Gasteiger partial charge in [-0.05, 0) is 51.6 Å². The van der Waals surface area contributed by atoms with Crippen molar-refractivity contribution in [3.8, 4) is 56.4 Å². The van der Waals surface area contributed by atoms with Crippen LogP contribution >= 0.6 is 11.3 Å². The van der Waals surface area contributed by atoms with Gasteiger partial charge in [-0.2, -0.15) is 0 Å². The van der Waals surface area contributed by atoms with Crippen molar-refractivity contribution < 1.29 is 4.42 Å². The van der Waals surface area contributed by atoms with E-state index >= 15 is 0 Å². The van der Waals surface area contributed by atoms with Gasteiger partial charge in [-0.15, -0.1) is 11.3 Å². The molecule has 1 aliphatic rings. The molecule has 0 amide bonds. The minimum absolute atomic E-state index is 0.218. The van der Waals surface area contributed by atoms with Crippen molar-refractivity contribution in [3.05, 3.63) is 145 Å². The lowest BCUT2D eigenvalue weighted by Gasteiger charge is -2.22. The largest absolute Gasteiger partial charge is 0.443 e. The predicted octanol–water partition coefficient (Wildman–Crippen LogP) is 11.4. The summed E-state index contributed by atoms with van der Waals surface area (Å²) in [6.45, 7) is 4.59. The van der Waals surface area contributed by atoms with Gasteiger partial charge >= 0.3 is 0 Å². The lowest BCUT2D eigenvalue weighted by atomic mass is 9.81. The number of hydrogen-bond acceptors (Lipinski definition) is 6. The number of thiophene rings is 1. The van der Waals surface area contributed by atoms with Gasteiger partial charge in [0.2, 0.25) is 0 Å². The van der Waals surface area contributed by atoms with Crippen molar-refractivity contribution in [2.45, 2.75) is 19.3 Å². The second-order valence-electron chi connectivity index (χ2n) is 13.1. The number of hydrogen-bond donors (Lipinski definition) is 0. The van der Waals surface area contributed by atoms with Crippen LogP contribution in [0, 0.1) is 0 Å². The third kappa shape index (κ3) is 4.24. The van der Waals surface area contributed by atoms with Crippen LogP contribution in [0.2, 0.25) is 0 Å². The monoisotopic (exact) mass is 648 g/mol. The molecule has 9 aromatic rings. The number of aromatic nitrogens is 4. The molecule has 0 spiro atoms. The minimum Gasteiger partial charge on any atom is -0.443 e. The first-order valence-corrected chi connectivity index (χ1v) is 17.2. The van der Waals surface area contributed by atoms with E-state index in [0.29, 0.717) is 17.5 Å². The average molecular weight is 649 g/mol. The number of benzene rings is 6. The highest BCUT2D eigenvalue weighted by Gasteiger charge is 2.38. The van der Waals surface area contributed by atoms with Crippen LogP contribution in [-0.4, -0.2) is 19.9 Å². The first-order valence-electron chi connectivity index (χ1n) is 16.4. The Kier molecular flexibility index (Phi) is 6.02. The Morgan fingerprint density at radius 2 is 1.14 bits per heavy atom. The maximum absolute atomic E-state index is 5.68. The Labute approximate surface area is 286 Å². The molecular formula is C43H28N4OS. The fourth-order valence-electron chi connectivity index (χ4n) is 7.54. The normalized spacial score (nSPS) is 13.3. The molecule has 0 N–H and O–H groups in total. The van der Waals surface area contributed by atoms with Crippen LogP contribution in [0.1, 0.15) is 25.0 Å². The summed E-state index contributed by atoms with van der Waals surface area (Å²) < 4.78 is 8.09. The Bertz CT molecular complexity index is 2690. The zero-order valence-electron chi connectivity index (χ0n) is 26.8. The van der Waals surface area contributed by atoms with Gasteiger partial charge in [-0.3, -0.25) is 0 Å². The molecular weight excluding hydrogens is 621 g/mol. The summed E-state index contributed by atoms with van der Waals surface area (Å²) in [6.07, 6.45) is 1.55. The molecule has 6 heteroatoms. The van der Waals surface area contributed by atoms with Crippen molar-refractivity contribution in [3.63, 3.8) is 0 Å². The van der Waals surface area contributed by atoms with E-state index in [1.165, 1.54) is 48.9 Å². The summed E-state index contributed by atoms with van der Waals surface area (Å²) in [7, 11) is 0. The quantitative estimate of drug-likeness (QED) is 0.190. The fourth-order valence-corrected chi connectivity index (χ4v) is 8.88. The Morgan fingerprint density at radius 1 is 0.531 bits per heavy atom. The minimum atomic E-state index is -0.218. The molecule has 5 nitrogen and oxygen atoms in total. The number of nitrogens with zero attached hydrogens (tertiary/aromatic N) is 4. The predicted molar refractivity (Wildman–Crippen MR) is 200 cm³/mol. The maximum Gasteiger partial charge on any atom is 0.181 e. The molecule has 0 unspecified atom stereocenters. The lowest BCUT2D eigenvalue weighted by Crippen LogP contribution is -2.15. The van der Waals surface area contributed by atoms with Crippen molar-refractivity contribution >= 4 is 42.6 Å². The second-order valence-corrected chi connectivity index (χ2v) is 14.1. The van der Waals surface area contributed by atoms with E-state index in [2.05, 4.69) is 79.5 Å². The van der Waals surface area contributed by atoms with Crippen molar-refractivity contribution in [2.24, 2.45) is 0 Å². The summed E-state index contributed by atoms with van der Waals surface area (Å²) in [6, 6.07) is 44.5. The van der Waals surface area contributed by atoms with Crippen LogP contribution in [0.15, 0.2) is 138 Å². The van der Waals surface area contributed by atoms with Crippen LogP contribution in [0.25, 0.3) is 87.7 Å². The Balaban J connectivity index is 1.15. The summed E-state index contributed by atoms with van der Waals surface area (Å²) in [5.41, 5.74) is 11.9. The molecule has 0 saturated carbocycles. The van der Waals surface area contributed by atoms with Gasteiger partial charge < -0.3 is 4.42 Å². The zero-order valence-corrected chi connectivity index (χ0v) is 27.6. The van der Waals surface area contributed by atoms with Gasteiger partial charge in [-0.25, -0.2) is 19.9 Å². The number of oxazole rings is 1. The van der Waals surface area contributed by atoms with Crippen molar-refractivity contribution in [1.29, 1.82) is 0 Å². The van der Waals surface area contributed by atoms with Gasteiger partial charge in [0.15, 0.2) is 29.4 Å². The van der Waals surface area contributed by atoms with Crippen molar-refractivity contribution in [1.82, 2.24) is 19.9 Å². The number of fused-ring (bicyclic) bond motifs is 8. The summed E-state index contributed by atoms with van der Waals surface area (Å²) in [4.78, 5) is 19.7. The van der Waals surface area contributed by atoms with Gasteiger partial charge in [0.1, 0.15) is 5.52 Å². The lowest BCUT2D eigenvalue weighted by molar-refractivity contribution is 0.602. The smallest absolute Gasteiger partial charge is 0.181 e. The van der Waals surface area contributed by atoms with E-state index < -0.39 is 0 Å². The van der Waals surface area contributed by atoms with Crippen LogP contribution in [0.3, 0.4) is 0 Å². The molecule has 0 atom stereocenters. The highest BCUT2D eigenvalue weighted by Crippen LogP contribution is 2.52. The molecule has 0 aliphatic heterocycles. The van der Waals surface area contributed by atoms with Gasteiger partial charge in [0.05, 0.1) is 0 Å². The molecule has 3 aromatic heterocycles. The van der Waals surface area contributed by atoms with Gasteiger partial charge in [-0.1, -0.05) is 123 Å². The second kappa shape index (κ2) is 10.5. The first-order chi connectivity index (χ1) is 24.0. The van der Waals surface area contributed by atoms with E-state index in [0.717, 1.165) is 32.5 Å². The van der Waals surface area contributed by atoms with E-state index in [1.807, 2.05) is 78.1 Å². The topological polar surface area (TPSA) is 64.7 Å². The molecule has 49 heavy (non-hydrogen) atoms. The molecule has 1 aliphatic carbocycles. The third-order valence-electron chi connectivity index (χ3n) is 9.89. The summed E-state index contributed by atoms with van der Waals surface area (Å²) >= 11 is 1.81. The SMILES string of the molecule is CC1(C)c2cc(-c3cccc4c3sc3c(-c5nc(-c6ccccc6)nc(-c6ccccc6)n5)cccc34)ccc2-c2ccc3ocnc3c21. The molecule has 3 heterocycles. The van der Waals surface area contributed by atoms with E-state index in [9.17, 15) is 0 Å². The van der Waals surface area contributed by atoms with E-state index in [-0.39, 0.29) is 5.41 Å².